The first-order valence-electron chi connectivity index (χ1n) is 10.1. The van der Waals surface area contributed by atoms with E-state index in [1.807, 2.05) is 30.3 Å². The molecule has 1 aromatic heterocycles. The molecule has 1 aromatic carbocycles. The Morgan fingerprint density at radius 1 is 0.724 bits per heavy atom. The first kappa shape index (κ1) is 19.8. The van der Waals surface area contributed by atoms with E-state index in [-0.39, 0.29) is 24.2 Å². The van der Waals surface area contributed by atoms with Gasteiger partial charge < -0.3 is 38.1 Å². The summed E-state index contributed by atoms with van der Waals surface area (Å²) in [5.41, 5.74) is 26.6. The summed E-state index contributed by atoms with van der Waals surface area (Å²) in [6.45, 7) is 2.64. The van der Waals surface area contributed by atoms with Crippen LogP contribution in [0.5, 0.6) is 0 Å². The van der Waals surface area contributed by atoms with Crippen molar-refractivity contribution >= 4 is 23.0 Å². The fraction of sp³-hybridized carbons (Fsp3) is 0.526. The summed E-state index contributed by atoms with van der Waals surface area (Å²) in [6.07, 6.45) is 1.58. The Morgan fingerprint density at radius 3 is 1.62 bits per heavy atom. The quantitative estimate of drug-likeness (QED) is 0.447. The molecule has 3 heterocycles. The van der Waals surface area contributed by atoms with Gasteiger partial charge in [0.2, 0.25) is 0 Å². The van der Waals surface area contributed by atoms with Crippen molar-refractivity contribution in [3.63, 3.8) is 0 Å². The van der Waals surface area contributed by atoms with E-state index in [1.165, 1.54) is 0 Å². The van der Waals surface area contributed by atoms with E-state index in [1.54, 1.807) is 0 Å². The summed E-state index contributed by atoms with van der Waals surface area (Å²) in [7, 11) is 0. The Labute approximate surface area is 170 Å². The summed E-state index contributed by atoms with van der Waals surface area (Å²) in [5.74, 6) is 1.38. The van der Waals surface area contributed by atoms with Crippen molar-refractivity contribution in [3.8, 4) is 0 Å². The first-order chi connectivity index (χ1) is 14.0. The average molecular weight is 399 g/mol. The van der Waals surface area contributed by atoms with Gasteiger partial charge >= 0.3 is 0 Å². The van der Waals surface area contributed by atoms with Crippen molar-refractivity contribution in [1.82, 2.24) is 15.4 Å². The summed E-state index contributed by atoms with van der Waals surface area (Å²) < 4.78 is 0. The summed E-state index contributed by atoms with van der Waals surface area (Å²) in [4.78, 5) is 4.18. The number of hydrogen-bond acceptors (Lipinski definition) is 10. The maximum Gasteiger partial charge on any atom is 0.180 e. The van der Waals surface area contributed by atoms with E-state index in [0.717, 1.165) is 24.2 Å². The molecule has 0 saturated carbocycles. The maximum atomic E-state index is 6.22. The zero-order chi connectivity index (χ0) is 20.4. The number of aromatic nitrogens is 3. The van der Waals surface area contributed by atoms with Crippen LogP contribution >= 0.6 is 0 Å². The van der Waals surface area contributed by atoms with Crippen LogP contribution in [0.3, 0.4) is 0 Å². The van der Waals surface area contributed by atoms with Gasteiger partial charge in [0.25, 0.3) is 0 Å². The molecular formula is C19H30N10. The third-order valence-corrected chi connectivity index (χ3v) is 5.40. The number of rotatable bonds is 4. The van der Waals surface area contributed by atoms with Gasteiger partial charge in [-0.05, 0) is 30.2 Å². The highest BCUT2D eigenvalue weighted by molar-refractivity contribution is 5.82. The minimum absolute atomic E-state index is 0.0152. The lowest BCUT2D eigenvalue weighted by Crippen LogP contribution is -2.53. The van der Waals surface area contributed by atoms with Gasteiger partial charge in [-0.15, -0.1) is 10.2 Å². The third-order valence-electron chi connectivity index (χ3n) is 5.40. The molecule has 2 aliphatic rings. The number of piperidine rings is 2. The van der Waals surface area contributed by atoms with E-state index in [4.69, 9.17) is 22.9 Å². The molecule has 2 aliphatic heterocycles. The van der Waals surface area contributed by atoms with Gasteiger partial charge in [0.1, 0.15) is 5.69 Å². The number of anilines is 4. The predicted octanol–water partition coefficient (Wildman–Crippen LogP) is -0.655. The molecule has 0 radical (unpaired) electrons. The van der Waals surface area contributed by atoms with Crippen molar-refractivity contribution in [2.24, 2.45) is 22.9 Å². The minimum atomic E-state index is -0.0152. The van der Waals surface area contributed by atoms with Crippen molar-refractivity contribution in [2.45, 2.75) is 37.0 Å². The van der Waals surface area contributed by atoms with E-state index in [2.05, 4.69) is 30.5 Å². The summed E-state index contributed by atoms with van der Waals surface area (Å²) in [6, 6.07) is 9.85. The van der Waals surface area contributed by atoms with Crippen molar-refractivity contribution in [2.75, 3.05) is 41.3 Å². The molecule has 29 heavy (non-hydrogen) atoms. The molecule has 4 atom stereocenters. The molecule has 4 rings (SSSR count). The minimum Gasteiger partial charge on any atom is -0.350 e. The normalized spacial score (nSPS) is 27.7. The van der Waals surface area contributed by atoms with Crippen LogP contribution in [0, 0.1) is 0 Å². The lowest BCUT2D eigenvalue weighted by Gasteiger charge is -2.38. The number of nitrogens with one attached hydrogen (secondary N) is 1. The lowest BCUT2D eigenvalue weighted by molar-refractivity contribution is 0.444. The second-order valence-electron chi connectivity index (χ2n) is 8.12. The average Bonchev–Trinajstić information content (AvgIpc) is 2.67. The molecule has 9 N–H and O–H groups in total. The van der Waals surface area contributed by atoms with Gasteiger partial charge in [-0.2, -0.15) is 0 Å². The number of nitrogens with two attached hydrogens (primary N) is 4. The van der Waals surface area contributed by atoms with Crippen LogP contribution < -0.4 is 38.1 Å². The van der Waals surface area contributed by atoms with Crippen molar-refractivity contribution < 1.29 is 0 Å². The summed E-state index contributed by atoms with van der Waals surface area (Å²) >= 11 is 0. The Kier molecular flexibility index (Phi) is 5.76. The van der Waals surface area contributed by atoms with Crippen molar-refractivity contribution in [3.05, 3.63) is 30.3 Å². The van der Waals surface area contributed by atoms with Crippen LogP contribution in [0.1, 0.15) is 12.8 Å². The monoisotopic (exact) mass is 398 g/mol. The van der Waals surface area contributed by atoms with Gasteiger partial charge in [-0.3, -0.25) is 0 Å². The molecule has 4 unspecified atom stereocenters. The molecule has 0 bridgehead atoms. The molecule has 0 amide bonds. The second kappa shape index (κ2) is 8.46. The Morgan fingerprint density at radius 2 is 1.17 bits per heavy atom. The molecule has 2 fully saturated rings. The highest BCUT2D eigenvalue weighted by Crippen LogP contribution is 2.36. The second-order valence-corrected chi connectivity index (χ2v) is 8.12. The molecule has 10 nitrogen and oxygen atoms in total. The van der Waals surface area contributed by atoms with E-state index in [0.29, 0.717) is 37.8 Å². The Balaban J connectivity index is 1.74. The Bertz CT molecular complexity index is 752. The van der Waals surface area contributed by atoms with Crippen LogP contribution in [0.15, 0.2) is 30.3 Å². The molecule has 2 saturated heterocycles. The van der Waals surface area contributed by atoms with Crippen LogP contribution in [0.25, 0.3) is 0 Å². The predicted molar refractivity (Wildman–Crippen MR) is 115 cm³/mol. The summed E-state index contributed by atoms with van der Waals surface area (Å²) in [5, 5.41) is 16.3. The molecule has 2 aromatic rings. The van der Waals surface area contributed by atoms with Crippen molar-refractivity contribution in [1.29, 1.82) is 0 Å². The lowest BCUT2D eigenvalue weighted by atomic mass is 10.0. The van der Waals surface area contributed by atoms with E-state index < -0.39 is 0 Å². The zero-order valence-electron chi connectivity index (χ0n) is 16.5. The fourth-order valence-corrected chi connectivity index (χ4v) is 4.23. The van der Waals surface area contributed by atoms with Crippen LogP contribution in [0.4, 0.5) is 23.0 Å². The van der Waals surface area contributed by atoms with Gasteiger partial charge in [-0.1, -0.05) is 18.2 Å². The van der Waals surface area contributed by atoms with Gasteiger partial charge in [0.05, 0.1) is 0 Å². The Hall–Kier alpha value is -2.53. The standard InChI is InChI=1S/C19H30N10/c20-12-6-13(21)9-28(8-12)18-17(24-16-4-2-1-3-5-16)19(26-27-25-18)29-10-14(22)7-15(23)11-29/h1-5,12-15H,6-11,20-23H2,(H,24,27). The largest absolute Gasteiger partial charge is 0.350 e. The molecule has 156 valence electrons. The smallest absolute Gasteiger partial charge is 0.180 e. The van der Waals surface area contributed by atoms with E-state index in [9.17, 15) is 0 Å². The van der Waals surface area contributed by atoms with Gasteiger partial charge in [0.15, 0.2) is 11.6 Å². The number of nitrogens with zero attached hydrogens (tertiary/aromatic N) is 5. The van der Waals surface area contributed by atoms with E-state index >= 15 is 0 Å². The zero-order valence-corrected chi connectivity index (χ0v) is 16.5. The number of hydrogen-bond donors (Lipinski definition) is 5. The number of para-hydroxylation sites is 1. The van der Waals surface area contributed by atoms with Gasteiger partial charge in [-0.25, -0.2) is 0 Å². The van der Waals surface area contributed by atoms with Crippen LogP contribution in [-0.2, 0) is 0 Å². The van der Waals surface area contributed by atoms with Crippen LogP contribution in [0.2, 0.25) is 0 Å². The fourth-order valence-electron chi connectivity index (χ4n) is 4.23. The van der Waals surface area contributed by atoms with Gasteiger partial charge in [0, 0.05) is 56.0 Å². The maximum absolute atomic E-state index is 6.22. The SMILES string of the molecule is NC1CC(N)CN(c2nnnc(N3CC(N)CC(N)C3)c2Nc2ccccc2)C1. The highest BCUT2D eigenvalue weighted by atomic mass is 15.4. The number of benzene rings is 1. The highest BCUT2D eigenvalue weighted by Gasteiger charge is 2.31. The molecular weight excluding hydrogens is 368 g/mol. The molecule has 0 aliphatic carbocycles. The third kappa shape index (κ3) is 4.56. The molecule has 0 spiro atoms. The molecule has 10 heteroatoms. The van der Waals surface area contributed by atoms with Crippen LogP contribution in [-0.4, -0.2) is 65.8 Å². The first-order valence-corrected chi connectivity index (χ1v) is 10.1. The topological polar surface area (TPSA) is 161 Å².